The van der Waals surface area contributed by atoms with Crippen molar-refractivity contribution >= 4 is 0 Å². The van der Waals surface area contributed by atoms with Gasteiger partial charge in [0.15, 0.2) is 0 Å². The van der Waals surface area contributed by atoms with E-state index in [-0.39, 0.29) is 0 Å². The molecule has 1 nitrogen and oxygen atoms in total. The molecule has 49 heavy (non-hydrogen) atoms. The molecule has 0 aliphatic carbocycles. The standard InChI is InChI=1S/C48H99N/c1-5-7-9-11-13-15-17-19-21-23-25-27-29-31-33-35-37-39-43-48(46-49-45-41-42-47(3)4)44-40-38-36-34-32-30-28-26-24-22-20-18-16-14-12-10-8-6-2/h47-49H,5-46H2,1-4H3. The van der Waals surface area contributed by atoms with Crippen molar-refractivity contribution in [2.24, 2.45) is 11.8 Å². The smallest absolute Gasteiger partial charge is 0.00205 e. The van der Waals surface area contributed by atoms with Crippen LogP contribution in [0.2, 0.25) is 0 Å². The number of rotatable bonds is 44. The second-order valence-electron chi connectivity index (χ2n) is 17.2. The van der Waals surface area contributed by atoms with Gasteiger partial charge in [0.1, 0.15) is 0 Å². The van der Waals surface area contributed by atoms with E-state index in [0.29, 0.717) is 0 Å². The maximum atomic E-state index is 3.86. The molecular formula is C48H99N. The van der Waals surface area contributed by atoms with E-state index >= 15 is 0 Å². The second kappa shape index (κ2) is 44.1. The van der Waals surface area contributed by atoms with Crippen LogP contribution in [0, 0.1) is 11.8 Å². The molecule has 0 saturated carbocycles. The van der Waals surface area contributed by atoms with Crippen molar-refractivity contribution in [2.75, 3.05) is 13.1 Å². The molecule has 0 aliphatic heterocycles. The Bertz CT molecular complexity index is 515. The van der Waals surface area contributed by atoms with Gasteiger partial charge in [0.2, 0.25) is 0 Å². The Morgan fingerprint density at radius 2 is 0.531 bits per heavy atom. The van der Waals surface area contributed by atoms with Crippen LogP contribution in [0.3, 0.4) is 0 Å². The maximum Gasteiger partial charge on any atom is -0.00205 e. The van der Waals surface area contributed by atoms with E-state index in [1.54, 1.807) is 0 Å². The summed E-state index contributed by atoms with van der Waals surface area (Å²) in [4.78, 5) is 0. The minimum Gasteiger partial charge on any atom is -0.316 e. The molecule has 0 aromatic carbocycles. The predicted molar refractivity (Wildman–Crippen MR) is 227 cm³/mol. The molecule has 0 fully saturated rings. The molecule has 0 radical (unpaired) electrons. The fourth-order valence-electron chi connectivity index (χ4n) is 7.96. The van der Waals surface area contributed by atoms with Crippen molar-refractivity contribution in [3.8, 4) is 0 Å². The Kier molecular flexibility index (Phi) is 44.1. The van der Waals surface area contributed by atoms with E-state index in [0.717, 1.165) is 11.8 Å². The summed E-state index contributed by atoms with van der Waals surface area (Å²) < 4.78 is 0. The molecule has 0 heterocycles. The minimum absolute atomic E-state index is 0.844. The third-order valence-corrected chi connectivity index (χ3v) is 11.5. The zero-order valence-corrected chi connectivity index (χ0v) is 35.4. The van der Waals surface area contributed by atoms with Gasteiger partial charge in [-0.2, -0.15) is 0 Å². The van der Waals surface area contributed by atoms with Crippen molar-refractivity contribution in [3.05, 3.63) is 0 Å². The number of hydrogen-bond donors (Lipinski definition) is 1. The third kappa shape index (κ3) is 44.0. The topological polar surface area (TPSA) is 12.0 Å². The SMILES string of the molecule is CCCCCCCCCCCCCCCCCCCCC(CCCCCCCCCCCCCCCCCCCC)CNCCCC(C)C. The molecule has 0 amide bonds. The van der Waals surface area contributed by atoms with E-state index in [4.69, 9.17) is 0 Å². The van der Waals surface area contributed by atoms with E-state index in [9.17, 15) is 0 Å². The molecule has 0 unspecified atom stereocenters. The lowest BCUT2D eigenvalue weighted by atomic mass is 9.93. The first-order valence-corrected chi connectivity index (χ1v) is 23.9. The first-order chi connectivity index (χ1) is 24.2. The van der Waals surface area contributed by atoms with Crippen molar-refractivity contribution in [1.82, 2.24) is 5.32 Å². The van der Waals surface area contributed by atoms with Gasteiger partial charge in [-0.05, 0) is 50.6 Å². The Hall–Kier alpha value is -0.0400. The molecule has 0 bridgehead atoms. The van der Waals surface area contributed by atoms with Crippen LogP contribution < -0.4 is 5.32 Å². The van der Waals surface area contributed by atoms with E-state index in [1.165, 1.54) is 270 Å². The zero-order valence-electron chi connectivity index (χ0n) is 35.4. The van der Waals surface area contributed by atoms with Crippen LogP contribution in [0.4, 0.5) is 0 Å². The Morgan fingerprint density at radius 1 is 0.286 bits per heavy atom. The molecule has 0 rings (SSSR count). The van der Waals surface area contributed by atoms with Crippen LogP contribution in [0.25, 0.3) is 0 Å². The second-order valence-corrected chi connectivity index (χ2v) is 17.2. The highest BCUT2D eigenvalue weighted by Gasteiger charge is 2.09. The molecule has 0 aromatic rings. The third-order valence-electron chi connectivity index (χ3n) is 11.5. The highest BCUT2D eigenvalue weighted by molar-refractivity contribution is 4.65. The van der Waals surface area contributed by atoms with Crippen molar-refractivity contribution < 1.29 is 0 Å². The normalized spacial score (nSPS) is 11.9. The minimum atomic E-state index is 0.844. The van der Waals surface area contributed by atoms with Gasteiger partial charge < -0.3 is 5.32 Å². The van der Waals surface area contributed by atoms with Crippen molar-refractivity contribution in [3.63, 3.8) is 0 Å². The van der Waals surface area contributed by atoms with Crippen molar-refractivity contribution in [1.29, 1.82) is 0 Å². The maximum absolute atomic E-state index is 3.86. The summed E-state index contributed by atoms with van der Waals surface area (Å²) in [7, 11) is 0. The molecule has 1 heteroatoms. The molecule has 1 N–H and O–H groups in total. The molecule has 0 atom stereocenters. The monoisotopic (exact) mass is 690 g/mol. The Labute approximate surface area is 313 Å². The van der Waals surface area contributed by atoms with Gasteiger partial charge in [-0.1, -0.05) is 259 Å². The fraction of sp³-hybridized carbons (Fsp3) is 1.00. The zero-order chi connectivity index (χ0) is 35.6. The summed E-state index contributed by atoms with van der Waals surface area (Å²) in [5.74, 6) is 1.76. The molecule has 0 spiro atoms. The van der Waals surface area contributed by atoms with Gasteiger partial charge in [0.25, 0.3) is 0 Å². The van der Waals surface area contributed by atoms with Crippen LogP contribution in [0.5, 0.6) is 0 Å². The first kappa shape index (κ1) is 49.0. The summed E-state index contributed by atoms with van der Waals surface area (Å²) in [6.07, 6.45) is 58.7. The highest BCUT2D eigenvalue weighted by Crippen LogP contribution is 2.20. The van der Waals surface area contributed by atoms with Gasteiger partial charge >= 0.3 is 0 Å². The van der Waals surface area contributed by atoms with E-state index < -0.39 is 0 Å². The molecule has 0 aliphatic rings. The lowest BCUT2D eigenvalue weighted by Gasteiger charge is -2.18. The summed E-state index contributed by atoms with van der Waals surface area (Å²) in [5.41, 5.74) is 0. The van der Waals surface area contributed by atoms with Crippen LogP contribution in [0.1, 0.15) is 285 Å². The quantitative estimate of drug-likeness (QED) is 0.0628. The summed E-state index contributed by atoms with van der Waals surface area (Å²) in [6, 6.07) is 0. The van der Waals surface area contributed by atoms with E-state index in [2.05, 4.69) is 33.0 Å². The predicted octanol–water partition coefficient (Wildman–Crippen LogP) is 17.5. The summed E-state index contributed by atoms with van der Waals surface area (Å²) >= 11 is 0. The lowest BCUT2D eigenvalue weighted by molar-refractivity contribution is 0.377. The van der Waals surface area contributed by atoms with Crippen LogP contribution in [-0.4, -0.2) is 13.1 Å². The molecule has 0 aromatic heterocycles. The number of nitrogens with one attached hydrogen (secondary N) is 1. The van der Waals surface area contributed by atoms with E-state index in [1.807, 2.05) is 0 Å². The Balaban J connectivity index is 3.70. The largest absolute Gasteiger partial charge is 0.316 e. The van der Waals surface area contributed by atoms with Gasteiger partial charge in [0, 0.05) is 0 Å². The first-order valence-electron chi connectivity index (χ1n) is 23.9. The number of unbranched alkanes of at least 4 members (excludes halogenated alkanes) is 34. The summed E-state index contributed by atoms with van der Waals surface area (Å²) in [5, 5.41) is 3.86. The molecule has 0 saturated heterocycles. The Morgan fingerprint density at radius 3 is 0.776 bits per heavy atom. The molecule has 296 valence electrons. The fourth-order valence-corrected chi connectivity index (χ4v) is 7.96. The average molecular weight is 690 g/mol. The van der Waals surface area contributed by atoms with Gasteiger partial charge in [-0.15, -0.1) is 0 Å². The van der Waals surface area contributed by atoms with Gasteiger partial charge in [-0.25, -0.2) is 0 Å². The van der Waals surface area contributed by atoms with Crippen molar-refractivity contribution in [2.45, 2.75) is 285 Å². The van der Waals surface area contributed by atoms with Gasteiger partial charge in [-0.3, -0.25) is 0 Å². The number of hydrogen-bond acceptors (Lipinski definition) is 1. The highest BCUT2D eigenvalue weighted by atomic mass is 14.8. The lowest BCUT2D eigenvalue weighted by Crippen LogP contribution is -2.24. The summed E-state index contributed by atoms with van der Waals surface area (Å²) in [6.45, 7) is 11.9. The van der Waals surface area contributed by atoms with Gasteiger partial charge in [0.05, 0.1) is 0 Å². The van der Waals surface area contributed by atoms with Crippen LogP contribution >= 0.6 is 0 Å². The average Bonchev–Trinajstić information content (AvgIpc) is 3.09. The molecular weight excluding hydrogens is 591 g/mol. The van der Waals surface area contributed by atoms with Crippen LogP contribution in [0.15, 0.2) is 0 Å². The van der Waals surface area contributed by atoms with Crippen LogP contribution in [-0.2, 0) is 0 Å².